The first-order valence-corrected chi connectivity index (χ1v) is 18.6. The van der Waals surface area contributed by atoms with Gasteiger partial charge in [0.15, 0.2) is 0 Å². The van der Waals surface area contributed by atoms with Gasteiger partial charge in [-0.2, -0.15) is 0 Å². The molecule has 4 aromatic rings. The van der Waals surface area contributed by atoms with Gasteiger partial charge < -0.3 is 25.5 Å². The minimum Gasteiger partial charge on any atom is -0.487 e. The normalized spacial score (nSPS) is 14.6. The van der Waals surface area contributed by atoms with Crippen LogP contribution in [-0.2, 0) is 21.2 Å². The Morgan fingerprint density at radius 3 is 2.17 bits per heavy atom. The van der Waals surface area contributed by atoms with Gasteiger partial charge in [-0.15, -0.1) is 0 Å². The molecule has 1 amide bonds. The highest BCUT2D eigenvalue weighted by Gasteiger charge is 2.33. The fourth-order valence-corrected chi connectivity index (χ4v) is 8.11. The molecular weight excluding hydrogens is 683 g/mol. The first kappa shape index (κ1) is 37.8. The highest BCUT2D eigenvalue weighted by molar-refractivity contribution is 7.90. The number of guanidine groups is 1. The Morgan fingerprint density at radius 2 is 1.58 bits per heavy atom. The number of ether oxygens (including phenoxy) is 1. The number of aliphatic carboxylic acids is 1. The molecule has 0 unspecified atom stereocenters. The van der Waals surface area contributed by atoms with Crippen LogP contribution < -0.4 is 26.1 Å². The minimum absolute atomic E-state index is 0.00117. The third-order valence-corrected chi connectivity index (χ3v) is 11.0. The number of benzene rings is 3. The quantitative estimate of drug-likeness (QED) is 0.0915. The highest BCUT2D eigenvalue weighted by Crippen LogP contribution is 2.42. The van der Waals surface area contributed by atoms with E-state index in [1.54, 1.807) is 13.8 Å². The Balaban J connectivity index is 1.26. The zero-order valence-electron chi connectivity index (χ0n) is 30.0. The largest absolute Gasteiger partial charge is 0.487 e. The van der Waals surface area contributed by atoms with Crippen molar-refractivity contribution in [2.45, 2.75) is 82.9 Å². The summed E-state index contributed by atoms with van der Waals surface area (Å²) >= 11 is 0. The number of sulfonamides is 1. The molecule has 13 heteroatoms. The molecule has 0 radical (unpaired) electrons. The fraction of sp³-hybridized carbons (Fsp3) is 0.333. The summed E-state index contributed by atoms with van der Waals surface area (Å²) in [7, 11) is -4.10. The number of fused-ring (bicyclic) bond motifs is 1. The van der Waals surface area contributed by atoms with Crippen molar-refractivity contribution in [1.82, 2.24) is 14.6 Å². The molecule has 0 aliphatic carbocycles. The van der Waals surface area contributed by atoms with E-state index in [0.29, 0.717) is 17.5 Å². The van der Waals surface area contributed by atoms with Crippen LogP contribution in [0.15, 0.2) is 93.7 Å². The lowest BCUT2D eigenvalue weighted by atomic mass is 9.88. The van der Waals surface area contributed by atoms with Gasteiger partial charge >= 0.3 is 5.97 Å². The second-order valence-corrected chi connectivity index (χ2v) is 15.3. The Hall–Kier alpha value is -5.43. The molecule has 1 aliphatic rings. The first-order valence-electron chi connectivity index (χ1n) is 17.1. The van der Waals surface area contributed by atoms with Crippen molar-refractivity contribution in [2.75, 3.05) is 6.54 Å². The molecule has 52 heavy (non-hydrogen) atoms. The number of carboxylic acids is 1. The number of rotatable bonds is 12. The van der Waals surface area contributed by atoms with Crippen molar-refractivity contribution in [3.8, 4) is 5.75 Å². The van der Waals surface area contributed by atoms with E-state index in [9.17, 15) is 27.9 Å². The van der Waals surface area contributed by atoms with Crippen molar-refractivity contribution >= 4 is 27.9 Å². The Labute approximate surface area is 303 Å². The number of hydrogen-bond donors (Lipinski definition) is 4. The Kier molecular flexibility index (Phi) is 11.2. The number of carbonyl (C=O) groups is 2. The van der Waals surface area contributed by atoms with Crippen LogP contribution in [0.5, 0.6) is 5.75 Å². The Morgan fingerprint density at radius 1 is 0.962 bits per heavy atom. The number of pyridine rings is 1. The average Bonchev–Trinajstić information content (AvgIpc) is 3.09. The van der Waals surface area contributed by atoms with Crippen LogP contribution in [-0.4, -0.2) is 54.1 Å². The number of nitrogens with one attached hydrogen (secondary N) is 2. The third-order valence-electron chi connectivity index (χ3n) is 9.42. The molecule has 1 aliphatic heterocycles. The topological polar surface area (TPSA) is 182 Å². The van der Waals surface area contributed by atoms with Gasteiger partial charge in [0.25, 0.3) is 21.5 Å². The fourth-order valence-electron chi connectivity index (χ4n) is 6.59. The summed E-state index contributed by atoms with van der Waals surface area (Å²) in [6.45, 7) is 9.34. The SMILES string of the molecule is Cc1c(C)c(S(=O)(=O)NC(N)=NCCC[C@H](NC(=O)c2ccc(=O)n(C(c3ccccc3)c3ccccc3)c2)C(=O)O)c(C)c2c1OC(C)(C)CC2. The van der Waals surface area contributed by atoms with Gasteiger partial charge in [0, 0.05) is 18.8 Å². The molecule has 0 fully saturated rings. The van der Waals surface area contributed by atoms with E-state index in [-0.39, 0.29) is 47.0 Å². The molecule has 5 N–H and O–H groups in total. The van der Waals surface area contributed by atoms with Crippen LogP contribution in [0, 0.1) is 20.8 Å². The van der Waals surface area contributed by atoms with Crippen LogP contribution in [0.1, 0.15) is 82.9 Å². The first-order chi connectivity index (χ1) is 24.6. The highest BCUT2D eigenvalue weighted by atomic mass is 32.2. The molecule has 1 aromatic heterocycles. The van der Waals surface area contributed by atoms with Gasteiger partial charge in [0.2, 0.25) is 5.96 Å². The standard InChI is InChI=1S/C39H45N5O7S/c1-24-25(2)35(26(3)30-20-21-39(4,5)51-34(24)30)52(49,50)43-38(40)41-22-12-17-31(37(47)48)42-36(46)29-18-19-32(45)44(23-29)33(27-13-8-6-9-14-27)28-15-10-7-11-16-28/h6-11,13-16,18-19,23,31,33H,12,17,20-22H2,1-5H3,(H,42,46)(H,47,48)(H3,40,41,43)/t31-/m0/s1. The number of carboxylic acid groups (broad SMARTS) is 1. The summed E-state index contributed by atoms with van der Waals surface area (Å²) < 4.78 is 37.1. The smallest absolute Gasteiger partial charge is 0.326 e. The average molecular weight is 728 g/mol. The van der Waals surface area contributed by atoms with E-state index < -0.39 is 34.0 Å². The summed E-state index contributed by atoms with van der Waals surface area (Å²) in [4.78, 5) is 42.8. The van der Waals surface area contributed by atoms with Gasteiger partial charge in [-0.25, -0.2) is 17.9 Å². The number of nitrogens with zero attached hydrogens (tertiary/aromatic N) is 2. The lowest BCUT2D eigenvalue weighted by molar-refractivity contribution is -0.139. The molecule has 0 saturated heterocycles. The van der Waals surface area contributed by atoms with E-state index in [4.69, 9.17) is 10.5 Å². The Bertz CT molecular complexity index is 2130. The number of amides is 1. The van der Waals surface area contributed by atoms with Crippen molar-refractivity contribution < 1.29 is 27.9 Å². The third kappa shape index (κ3) is 8.37. The summed E-state index contributed by atoms with van der Waals surface area (Å²) in [5.74, 6) is -1.54. The van der Waals surface area contributed by atoms with Gasteiger partial charge in [-0.3, -0.25) is 14.6 Å². The lowest BCUT2D eigenvalue weighted by Crippen LogP contribution is -2.41. The molecule has 12 nitrogen and oxygen atoms in total. The van der Waals surface area contributed by atoms with Crippen LogP contribution in [0.25, 0.3) is 0 Å². The van der Waals surface area contributed by atoms with Crippen molar-refractivity contribution in [3.63, 3.8) is 0 Å². The predicted molar refractivity (Wildman–Crippen MR) is 199 cm³/mol. The number of carbonyl (C=O) groups excluding carboxylic acids is 1. The van der Waals surface area contributed by atoms with E-state index in [1.165, 1.54) is 22.9 Å². The van der Waals surface area contributed by atoms with E-state index in [1.807, 2.05) is 81.4 Å². The molecule has 2 heterocycles. The van der Waals surface area contributed by atoms with Crippen molar-refractivity contribution in [1.29, 1.82) is 0 Å². The number of aromatic nitrogens is 1. The molecule has 0 spiro atoms. The van der Waals surface area contributed by atoms with Crippen LogP contribution in [0.3, 0.4) is 0 Å². The second kappa shape index (κ2) is 15.4. The number of nitrogens with two attached hydrogens (primary N) is 1. The van der Waals surface area contributed by atoms with Crippen molar-refractivity contribution in [3.05, 3.63) is 128 Å². The monoisotopic (exact) mass is 727 g/mol. The van der Waals surface area contributed by atoms with Crippen molar-refractivity contribution in [2.24, 2.45) is 10.7 Å². The van der Waals surface area contributed by atoms with Gasteiger partial charge in [0.1, 0.15) is 17.4 Å². The lowest BCUT2D eigenvalue weighted by Gasteiger charge is -2.35. The molecule has 5 rings (SSSR count). The zero-order chi connectivity index (χ0) is 37.8. The van der Waals surface area contributed by atoms with Gasteiger partial charge in [-0.1, -0.05) is 60.7 Å². The number of hydrogen-bond acceptors (Lipinski definition) is 7. The summed E-state index contributed by atoms with van der Waals surface area (Å²) in [5.41, 5.74) is 9.84. The maximum Gasteiger partial charge on any atom is 0.326 e. The second-order valence-electron chi connectivity index (χ2n) is 13.6. The predicted octanol–water partition coefficient (Wildman–Crippen LogP) is 4.77. The zero-order valence-corrected chi connectivity index (χ0v) is 30.8. The summed E-state index contributed by atoms with van der Waals surface area (Å²) in [6, 6.07) is 19.6. The molecule has 0 bridgehead atoms. The maximum atomic E-state index is 13.5. The minimum atomic E-state index is -4.10. The van der Waals surface area contributed by atoms with Crippen LogP contribution in [0.2, 0.25) is 0 Å². The van der Waals surface area contributed by atoms with E-state index >= 15 is 0 Å². The van der Waals surface area contributed by atoms with Gasteiger partial charge in [-0.05, 0) is 99.7 Å². The summed E-state index contributed by atoms with van der Waals surface area (Å²) in [6.07, 6.45) is 3.01. The maximum absolute atomic E-state index is 13.5. The van der Waals surface area contributed by atoms with E-state index in [2.05, 4.69) is 15.0 Å². The van der Waals surface area contributed by atoms with Gasteiger partial charge in [0.05, 0.1) is 16.5 Å². The molecule has 3 aromatic carbocycles. The molecule has 274 valence electrons. The summed E-state index contributed by atoms with van der Waals surface area (Å²) in [5, 5.41) is 12.4. The van der Waals surface area contributed by atoms with E-state index in [0.717, 1.165) is 34.4 Å². The number of aliphatic imine (C=N–C) groups is 1. The molecular formula is C39H45N5O7S. The molecule has 1 atom stereocenters. The van der Waals surface area contributed by atoms with Crippen LogP contribution >= 0.6 is 0 Å². The molecule has 0 saturated carbocycles. The van der Waals surface area contributed by atoms with Crippen LogP contribution in [0.4, 0.5) is 0 Å².